The van der Waals surface area contributed by atoms with E-state index in [0.29, 0.717) is 6.04 Å². The molecule has 0 saturated heterocycles. The van der Waals surface area contributed by atoms with Crippen LogP contribution in [-0.4, -0.2) is 48.2 Å². The van der Waals surface area contributed by atoms with Crippen LogP contribution in [0.1, 0.15) is 19.8 Å². The zero-order valence-electron chi connectivity index (χ0n) is 11.6. The smallest absolute Gasteiger partial charge is 0.320 e. The lowest BCUT2D eigenvalue weighted by Gasteiger charge is -2.29. The number of hydrogen-bond acceptors (Lipinski definition) is 3. The third kappa shape index (κ3) is 3.70. The lowest BCUT2D eigenvalue weighted by Crippen LogP contribution is -2.44. The second kappa shape index (κ2) is 6.06. The zero-order valence-corrected chi connectivity index (χ0v) is 11.6. The molecule has 0 aliphatic heterocycles. The summed E-state index contributed by atoms with van der Waals surface area (Å²) in [6.07, 6.45) is 2.26. The lowest BCUT2D eigenvalue weighted by molar-refractivity contribution is -0.142. The summed E-state index contributed by atoms with van der Waals surface area (Å²) in [5.41, 5.74) is 1.17. The van der Waals surface area contributed by atoms with Gasteiger partial charge in [-0.05, 0) is 31.9 Å². The molecule has 1 aromatic carbocycles. The van der Waals surface area contributed by atoms with Gasteiger partial charge in [-0.1, -0.05) is 18.2 Å². The minimum atomic E-state index is -0.728. The maximum Gasteiger partial charge on any atom is 0.320 e. The van der Waals surface area contributed by atoms with Crippen molar-refractivity contribution in [2.75, 3.05) is 25.0 Å². The molecule has 1 fully saturated rings. The molecule has 1 unspecified atom stereocenters. The molecule has 0 bridgehead atoms. The van der Waals surface area contributed by atoms with E-state index in [0.717, 1.165) is 25.9 Å². The molecule has 19 heavy (non-hydrogen) atoms. The molecule has 1 aliphatic carbocycles. The molecule has 2 rings (SSSR count). The van der Waals surface area contributed by atoms with Crippen LogP contribution >= 0.6 is 0 Å². The van der Waals surface area contributed by atoms with Crippen molar-refractivity contribution in [1.82, 2.24) is 4.90 Å². The van der Waals surface area contributed by atoms with Crippen LogP contribution in [0.5, 0.6) is 0 Å². The second-order valence-electron chi connectivity index (χ2n) is 5.24. The van der Waals surface area contributed by atoms with Crippen LogP contribution in [0.3, 0.4) is 0 Å². The predicted octanol–water partition coefficient (Wildman–Crippen LogP) is 2.06. The fourth-order valence-corrected chi connectivity index (χ4v) is 2.32. The topological polar surface area (TPSA) is 43.8 Å². The fraction of sp³-hybridized carbons (Fsp3) is 0.533. The number of anilines is 1. The third-order valence-corrected chi connectivity index (χ3v) is 3.76. The van der Waals surface area contributed by atoms with Crippen LogP contribution in [0.2, 0.25) is 0 Å². The summed E-state index contributed by atoms with van der Waals surface area (Å²) in [6, 6.07) is 10.3. The first-order valence-corrected chi connectivity index (χ1v) is 6.84. The number of aliphatic carboxylic acids is 1. The Labute approximate surface area is 114 Å². The van der Waals surface area contributed by atoms with E-state index in [9.17, 15) is 4.79 Å². The number of benzene rings is 1. The van der Waals surface area contributed by atoms with Crippen LogP contribution in [-0.2, 0) is 4.79 Å². The average Bonchev–Trinajstić information content (AvgIpc) is 3.24. The van der Waals surface area contributed by atoms with Crippen molar-refractivity contribution in [3.8, 4) is 0 Å². The number of rotatable bonds is 7. The minimum absolute atomic E-state index is 0.392. The Morgan fingerprint density at radius 1 is 1.32 bits per heavy atom. The first-order valence-electron chi connectivity index (χ1n) is 6.84. The molecular weight excluding hydrogens is 240 g/mol. The molecule has 4 nitrogen and oxygen atoms in total. The maximum absolute atomic E-state index is 11.1. The van der Waals surface area contributed by atoms with Crippen LogP contribution in [0.4, 0.5) is 5.69 Å². The van der Waals surface area contributed by atoms with Crippen LogP contribution < -0.4 is 4.90 Å². The Bertz CT molecular complexity index is 417. The third-order valence-electron chi connectivity index (χ3n) is 3.76. The van der Waals surface area contributed by atoms with Crippen molar-refractivity contribution in [3.63, 3.8) is 0 Å². The molecule has 1 saturated carbocycles. The number of carboxylic acid groups (broad SMARTS) is 1. The largest absolute Gasteiger partial charge is 0.480 e. The summed E-state index contributed by atoms with van der Waals surface area (Å²) in [6.45, 7) is 3.42. The fourth-order valence-electron chi connectivity index (χ4n) is 2.32. The number of carbonyl (C=O) groups is 1. The van der Waals surface area contributed by atoms with Gasteiger partial charge in [-0.25, -0.2) is 0 Å². The standard InChI is InChI=1S/C15H22N2O2/c1-12(15(18)19)17(14-8-9-14)11-10-16(2)13-6-4-3-5-7-13/h3-7,12,14H,8-11H2,1-2H3,(H,18,19). The van der Waals surface area contributed by atoms with Crippen molar-refractivity contribution in [2.24, 2.45) is 0 Å². The Balaban J connectivity index is 1.90. The van der Waals surface area contributed by atoms with Gasteiger partial charge in [0.05, 0.1) is 0 Å². The Hall–Kier alpha value is -1.55. The highest BCUT2D eigenvalue weighted by atomic mass is 16.4. The number of hydrogen-bond donors (Lipinski definition) is 1. The molecule has 0 aromatic heterocycles. The van der Waals surface area contributed by atoms with Gasteiger partial charge in [-0.2, -0.15) is 0 Å². The van der Waals surface area contributed by atoms with Gasteiger partial charge in [0.1, 0.15) is 6.04 Å². The van der Waals surface area contributed by atoms with E-state index in [1.54, 1.807) is 6.92 Å². The first kappa shape index (κ1) is 13.9. The summed E-state index contributed by atoms with van der Waals surface area (Å²) in [5.74, 6) is -0.728. The van der Waals surface area contributed by atoms with Crippen molar-refractivity contribution in [3.05, 3.63) is 30.3 Å². The van der Waals surface area contributed by atoms with E-state index in [-0.39, 0.29) is 0 Å². The van der Waals surface area contributed by atoms with Gasteiger partial charge in [0.15, 0.2) is 0 Å². The maximum atomic E-state index is 11.1. The predicted molar refractivity (Wildman–Crippen MR) is 76.5 cm³/mol. The van der Waals surface area contributed by atoms with Crippen LogP contribution in [0.25, 0.3) is 0 Å². The van der Waals surface area contributed by atoms with Crippen LogP contribution in [0.15, 0.2) is 30.3 Å². The highest BCUT2D eigenvalue weighted by Crippen LogP contribution is 2.28. The highest BCUT2D eigenvalue weighted by Gasteiger charge is 2.34. The summed E-state index contributed by atoms with van der Waals surface area (Å²) < 4.78 is 0. The summed E-state index contributed by atoms with van der Waals surface area (Å²) in [7, 11) is 2.05. The molecule has 0 radical (unpaired) electrons. The van der Waals surface area contributed by atoms with Crippen molar-refractivity contribution >= 4 is 11.7 Å². The van der Waals surface area contributed by atoms with Crippen molar-refractivity contribution in [2.45, 2.75) is 31.8 Å². The minimum Gasteiger partial charge on any atom is -0.480 e. The van der Waals surface area contributed by atoms with Crippen molar-refractivity contribution < 1.29 is 9.90 Å². The monoisotopic (exact) mass is 262 g/mol. The summed E-state index contributed by atoms with van der Waals surface area (Å²) in [5, 5.41) is 9.16. The van der Waals surface area contributed by atoms with E-state index in [1.165, 1.54) is 5.69 Å². The van der Waals surface area contributed by atoms with Gasteiger partial charge < -0.3 is 10.0 Å². The molecule has 4 heteroatoms. The Kier molecular flexibility index (Phi) is 4.43. The summed E-state index contributed by atoms with van der Waals surface area (Å²) >= 11 is 0. The number of nitrogens with zero attached hydrogens (tertiary/aromatic N) is 2. The SMILES string of the molecule is CC(C(=O)O)N(CCN(C)c1ccccc1)C1CC1. The second-order valence-corrected chi connectivity index (χ2v) is 5.24. The van der Waals surface area contributed by atoms with Crippen molar-refractivity contribution in [1.29, 1.82) is 0 Å². The molecule has 1 N–H and O–H groups in total. The van der Waals surface area contributed by atoms with E-state index in [1.807, 2.05) is 25.2 Å². The molecule has 104 valence electrons. The molecule has 0 spiro atoms. The number of carboxylic acids is 1. The lowest BCUT2D eigenvalue weighted by atomic mass is 10.2. The van der Waals surface area contributed by atoms with Gasteiger partial charge in [0, 0.05) is 31.9 Å². The quantitative estimate of drug-likeness (QED) is 0.817. The van der Waals surface area contributed by atoms with E-state index in [4.69, 9.17) is 5.11 Å². The summed E-state index contributed by atoms with van der Waals surface area (Å²) in [4.78, 5) is 15.4. The number of para-hydroxylation sites is 1. The van der Waals surface area contributed by atoms with Crippen LogP contribution in [0, 0.1) is 0 Å². The van der Waals surface area contributed by atoms with E-state index >= 15 is 0 Å². The number of likely N-dealkylation sites (N-methyl/N-ethyl adjacent to an activating group) is 1. The molecule has 1 aromatic rings. The first-order chi connectivity index (χ1) is 9.09. The zero-order chi connectivity index (χ0) is 13.8. The molecule has 0 amide bonds. The molecular formula is C15H22N2O2. The van der Waals surface area contributed by atoms with Gasteiger partial charge in [-0.15, -0.1) is 0 Å². The van der Waals surface area contributed by atoms with Gasteiger partial charge in [0.2, 0.25) is 0 Å². The van der Waals surface area contributed by atoms with Gasteiger partial charge >= 0.3 is 5.97 Å². The highest BCUT2D eigenvalue weighted by molar-refractivity contribution is 5.73. The molecule has 1 atom stereocenters. The Morgan fingerprint density at radius 2 is 1.95 bits per heavy atom. The molecule has 1 aliphatic rings. The van der Waals surface area contributed by atoms with Gasteiger partial charge in [0.25, 0.3) is 0 Å². The van der Waals surface area contributed by atoms with E-state index in [2.05, 4.69) is 21.9 Å². The normalized spacial score (nSPS) is 16.4. The Morgan fingerprint density at radius 3 is 2.47 bits per heavy atom. The average molecular weight is 262 g/mol. The van der Waals surface area contributed by atoms with Gasteiger partial charge in [-0.3, -0.25) is 9.69 Å². The molecule has 0 heterocycles. The van der Waals surface area contributed by atoms with E-state index < -0.39 is 12.0 Å².